The molecule has 0 heterocycles. The molecule has 0 aromatic heterocycles. The second kappa shape index (κ2) is 5.86. The van der Waals surface area contributed by atoms with Crippen molar-refractivity contribution in [2.75, 3.05) is 5.75 Å². The van der Waals surface area contributed by atoms with E-state index in [0.29, 0.717) is 21.5 Å². The summed E-state index contributed by atoms with van der Waals surface area (Å²) in [6, 6.07) is 13.3. The Labute approximate surface area is 128 Å². The van der Waals surface area contributed by atoms with Crippen LogP contribution in [-0.2, 0) is 0 Å². The van der Waals surface area contributed by atoms with E-state index in [2.05, 4.69) is 6.92 Å². The van der Waals surface area contributed by atoms with Gasteiger partial charge in [-0.25, -0.2) is 0 Å². The van der Waals surface area contributed by atoms with Crippen molar-refractivity contribution in [1.29, 1.82) is 0 Å². The second-order valence-corrected chi connectivity index (χ2v) is 6.32. The predicted molar refractivity (Wildman–Crippen MR) is 90.4 cm³/mol. The molecule has 108 valence electrons. The Morgan fingerprint density at radius 2 is 1.48 bits per heavy atom. The van der Waals surface area contributed by atoms with Crippen molar-refractivity contribution in [2.24, 2.45) is 0 Å². The van der Waals surface area contributed by atoms with Crippen LogP contribution in [0.25, 0.3) is 21.5 Å². The highest BCUT2D eigenvalue weighted by molar-refractivity contribution is 7.99. The monoisotopic (exact) mass is 298 g/mol. The molecule has 0 radical (unpaired) electrons. The summed E-state index contributed by atoms with van der Waals surface area (Å²) >= 11 is 1.79. The molecule has 0 aliphatic carbocycles. The fourth-order valence-corrected chi connectivity index (χ4v) is 3.57. The Balaban J connectivity index is 2.16. The molecule has 0 aliphatic rings. The molecule has 0 saturated carbocycles. The highest BCUT2D eigenvalue weighted by Crippen LogP contribution is 2.42. The Kier molecular flexibility index (Phi) is 3.93. The maximum Gasteiger partial charge on any atom is 0.131 e. The first-order valence-electron chi connectivity index (χ1n) is 7.21. The summed E-state index contributed by atoms with van der Waals surface area (Å²) in [6.45, 7) is 2.18. The summed E-state index contributed by atoms with van der Waals surface area (Å²) in [5.41, 5.74) is 0. The van der Waals surface area contributed by atoms with Crippen LogP contribution in [0.15, 0.2) is 47.4 Å². The molecule has 2 N–H and O–H groups in total. The second-order valence-electron chi connectivity index (χ2n) is 5.15. The van der Waals surface area contributed by atoms with Gasteiger partial charge in [-0.2, -0.15) is 0 Å². The summed E-state index contributed by atoms with van der Waals surface area (Å²) in [6.07, 6.45) is 2.36. The molecule has 3 aromatic rings. The standard InChI is InChI=1S/C18H18O2S/c1-2-3-10-21-12-8-9-15-16(11-12)18(20)14-7-5-4-6-13(14)17(15)19/h4-9,11,19-20H,2-3,10H2,1H3. The first kappa shape index (κ1) is 14.1. The first-order valence-corrected chi connectivity index (χ1v) is 8.20. The van der Waals surface area contributed by atoms with Gasteiger partial charge in [0.25, 0.3) is 0 Å². The summed E-state index contributed by atoms with van der Waals surface area (Å²) < 4.78 is 0. The number of phenolic OH excluding ortho intramolecular Hbond substituents is 2. The van der Waals surface area contributed by atoms with Gasteiger partial charge in [-0.3, -0.25) is 0 Å². The molecule has 0 amide bonds. The van der Waals surface area contributed by atoms with Crippen LogP contribution in [0.2, 0.25) is 0 Å². The molecule has 3 heteroatoms. The lowest BCUT2D eigenvalue weighted by atomic mass is 10.0. The van der Waals surface area contributed by atoms with E-state index in [0.717, 1.165) is 10.6 Å². The molecule has 0 fully saturated rings. The topological polar surface area (TPSA) is 40.5 Å². The quantitative estimate of drug-likeness (QED) is 0.297. The average Bonchev–Trinajstić information content (AvgIpc) is 2.53. The molecule has 0 aliphatic heterocycles. The van der Waals surface area contributed by atoms with Gasteiger partial charge >= 0.3 is 0 Å². The van der Waals surface area contributed by atoms with Gasteiger partial charge in [0.15, 0.2) is 0 Å². The molecule has 2 nitrogen and oxygen atoms in total. The fraction of sp³-hybridized carbons (Fsp3) is 0.222. The molecule has 0 atom stereocenters. The average molecular weight is 298 g/mol. The zero-order valence-corrected chi connectivity index (χ0v) is 12.8. The predicted octanol–water partition coefficient (Wildman–Crippen LogP) is 5.30. The van der Waals surface area contributed by atoms with E-state index >= 15 is 0 Å². The van der Waals surface area contributed by atoms with E-state index < -0.39 is 0 Å². The molecular formula is C18H18O2S. The van der Waals surface area contributed by atoms with Crippen LogP contribution in [0.1, 0.15) is 19.8 Å². The van der Waals surface area contributed by atoms with Crippen molar-refractivity contribution >= 4 is 33.3 Å². The van der Waals surface area contributed by atoms with Crippen LogP contribution in [0.5, 0.6) is 11.5 Å². The summed E-state index contributed by atoms with van der Waals surface area (Å²) in [7, 11) is 0. The van der Waals surface area contributed by atoms with Gasteiger partial charge in [0, 0.05) is 26.4 Å². The zero-order chi connectivity index (χ0) is 14.8. The number of rotatable bonds is 4. The van der Waals surface area contributed by atoms with E-state index in [1.165, 1.54) is 12.8 Å². The number of unbranched alkanes of at least 4 members (excludes halogenated alkanes) is 1. The van der Waals surface area contributed by atoms with Crippen LogP contribution in [0, 0.1) is 0 Å². The normalized spacial score (nSPS) is 11.3. The lowest BCUT2D eigenvalue weighted by Crippen LogP contribution is -1.83. The first-order chi connectivity index (χ1) is 10.2. The van der Waals surface area contributed by atoms with Crippen LogP contribution in [0.3, 0.4) is 0 Å². The summed E-state index contributed by atoms with van der Waals surface area (Å²) in [5.74, 6) is 1.56. The molecule has 0 saturated heterocycles. The third kappa shape index (κ3) is 2.54. The number of hydrogen-bond donors (Lipinski definition) is 2. The lowest BCUT2D eigenvalue weighted by molar-refractivity contribution is 0.478. The van der Waals surface area contributed by atoms with Crippen molar-refractivity contribution in [3.63, 3.8) is 0 Å². The van der Waals surface area contributed by atoms with Crippen LogP contribution >= 0.6 is 11.8 Å². The Morgan fingerprint density at radius 1 is 0.857 bits per heavy atom. The molecule has 0 bridgehead atoms. The van der Waals surface area contributed by atoms with Crippen LogP contribution < -0.4 is 0 Å². The van der Waals surface area contributed by atoms with E-state index in [-0.39, 0.29) is 11.5 Å². The van der Waals surface area contributed by atoms with Crippen molar-refractivity contribution in [1.82, 2.24) is 0 Å². The minimum absolute atomic E-state index is 0.239. The van der Waals surface area contributed by atoms with E-state index in [9.17, 15) is 10.2 Å². The van der Waals surface area contributed by atoms with Crippen molar-refractivity contribution in [2.45, 2.75) is 24.7 Å². The van der Waals surface area contributed by atoms with Gasteiger partial charge < -0.3 is 10.2 Å². The smallest absolute Gasteiger partial charge is 0.131 e. The largest absolute Gasteiger partial charge is 0.507 e. The molecule has 0 unspecified atom stereocenters. The summed E-state index contributed by atoms with van der Waals surface area (Å²) in [4.78, 5) is 1.13. The highest BCUT2D eigenvalue weighted by Gasteiger charge is 2.12. The van der Waals surface area contributed by atoms with Gasteiger partial charge in [-0.05, 0) is 30.4 Å². The SMILES string of the molecule is CCCCSc1ccc2c(O)c3ccccc3c(O)c2c1. The van der Waals surface area contributed by atoms with Crippen LogP contribution in [0.4, 0.5) is 0 Å². The zero-order valence-electron chi connectivity index (χ0n) is 12.0. The van der Waals surface area contributed by atoms with E-state index in [4.69, 9.17) is 0 Å². The molecule has 3 rings (SSSR count). The Hall–Kier alpha value is -1.87. The number of aromatic hydroxyl groups is 2. The van der Waals surface area contributed by atoms with E-state index in [1.54, 1.807) is 11.8 Å². The van der Waals surface area contributed by atoms with Crippen LogP contribution in [-0.4, -0.2) is 16.0 Å². The minimum Gasteiger partial charge on any atom is -0.507 e. The van der Waals surface area contributed by atoms with Gasteiger partial charge in [-0.15, -0.1) is 11.8 Å². The van der Waals surface area contributed by atoms with Gasteiger partial charge in [0.2, 0.25) is 0 Å². The van der Waals surface area contributed by atoms with Crippen molar-refractivity contribution in [3.8, 4) is 11.5 Å². The van der Waals surface area contributed by atoms with E-state index in [1.807, 2.05) is 42.5 Å². The third-order valence-corrected chi connectivity index (χ3v) is 4.79. The molecule has 3 aromatic carbocycles. The number of benzene rings is 3. The highest BCUT2D eigenvalue weighted by atomic mass is 32.2. The maximum absolute atomic E-state index is 10.5. The van der Waals surface area contributed by atoms with Crippen molar-refractivity contribution in [3.05, 3.63) is 42.5 Å². The minimum atomic E-state index is 0.239. The number of phenols is 2. The fourth-order valence-electron chi connectivity index (χ4n) is 2.54. The lowest BCUT2D eigenvalue weighted by Gasteiger charge is -2.10. The number of thioether (sulfide) groups is 1. The Morgan fingerprint density at radius 3 is 2.14 bits per heavy atom. The molecule has 21 heavy (non-hydrogen) atoms. The number of fused-ring (bicyclic) bond motifs is 2. The summed E-state index contributed by atoms with van der Waals surface area (Å²) in [5, 5.41) is 23.7. The van der Waals surface area contributed by atoms with Gasteiger partial charge in [0.05, 0.1) is 0 Å². The van der Waals surface area contributed by atoms with Gasteiger partial charge in [-0.1, -0.05) is 37.6 Å². The molecular weight excluding hydrogens is 280 g/mol. The Bertz CT molecular complexity index is 796. The van der Waals surface area contributed by atoms with Gasteiger partial charge in [0.1, 0.15) is 11.5 Å². The third-order valence-electron chi connectivity index (χ3n) is 3.71. The maximum atomic E-state index is 10.5. The molecule has 0 spiro atoms. The van der Waals surface area contributed by atoms with Crippen molar-refractivity contribution < 1.29 is 10.2 Å². The number of hydrogen-bond acceptors (Lipinski definition) is 3.